The molecule has 0 bridgehead atoms. The highest BCUT2D eigenvalue weighted by atomic mass is 15.1. The molecule has 2 atom stereocenters. The van der Waals surface area contributed by atoms with Crippen molar-refractivity contribution in [2.75, 3.05) is 0 Å². The van der Waals surface area contributed by atoms with Crippen molar-refractivity contribution < 1.29 is 0 Å². The third-order valence-corrected chi connectivity index (χ3v) is 26.7. The lowest BCUT2D eigenvalue weighted by Gasteiger charge is -2.54. The van der Waals surface area contributed by atoms with E-state index in [1.54, 1.807) is 313 Å². The largest absolute Gasteiger partial charge is 0.305 e. The Morgan fingerprint density at radius 2 is 0.486 bits per heavy atom. The summed E-state index contributed by atoms with van der Waals surface area (Å²) in [6.07, 6.45) is 5.28. The van der Waals surface area contributed by atoms with E-state index in [1.165, 1.54) is 5.56 Å². The lowest BCUT2D eigenvalue weighted by molar-refractivity contribution is 0.297. The molecule has 1 nitrogen and oxygen atoms in total. The van der Waals surface area contributed by atoms with Gasteiger partial charge in [0.05, 0.1) is 10.8 Å². The van der Waals surface area contributed by atoms with Crippen molar-refractivity contribution in [3.05, 3.63) is 64.2 Å². The van der Waals surface area contributed by atoms with Crippen molar-refractivity contribution in [3.8, 4) is 0 Å². The highest BCUT2D eigenvalue weighted by molar-refractivity contribution is 6.82. The van der Waals surface area contributed by atoms with Gasteiger partial charge in [0.15, 0.2) is 0 Å². The van der Waals surface area contributed by atoms with E-state index in [1.807, 2.05) is 0 Å². The first-order valence-electron chi connectivity index (χ1n) is 28.0. The molecule has 1 heteroatoms. The first kappa shape index (κ1) is 28.6. The van der Waals surface area contributed by atoms with Gasteiger partial charge in [0.25, 0.3) is 0 Å². The second kappa shape index (κ2) is 6.64. The second-order valence-electron chi connectivity index (χ2n) is 27.5. The van der Waals surface area contributed by atoms with Crippen LogP contribution in [-0.4, -0.2) is 12.1 Å². The molecule has 2 unspecified atom stereocenters. The molecule has 1 fully saturated rings. The number of hydrogen-bond donors (Lipinski definition) is 1. The zero-order valence-electron chi connectivity index (χ0n) is 38.8. The molecule has 1 aliphatic heterocycles. The van der Waals surface area contributed by atoms with E-state index >= 15 is 0 Å². The molecule has 29 aromatic rings. The van der Waals surface area contributed by atoms with Crippen molar-refractivity contribution in [1.82, 2.24) is 5.32 Å². The van der Waals surface area contributed by atoms with Gasteiger partial charge in [-0.25, -0.2) is 0 Å². The smallest absolute Gasteiger partial charge is 0.0570 e. The van der Waals surface area contributed by atoms with E-state index in [9.17, 15) is 0 Å². The first-order chi connectivity index (χ1) is 36.8. The van der Waals surface area contributed by atoms with E-state index in [2.05, 4.69) is 56.3 Å². The predicted octanol–water partition coefficient (Wildman–Crippen LogP) is 19.0. The van der Waals surface area contributed by atoms with Gasteiger partial charge in [0.1, 0.15) is 0 Å². The van der Waals surface area contributed by atoms with Gasteiger partial charge in [-0.15, -0.1) is 0 Å². The van der Waals surface area contributed by atoms with E-state index in [-0.39, 0.29) is 22.9 Å². The minimum atomic E-state index is -0.349. The molecule has 1 N–H and O–H groups in total. The third-order valence-electron chi connectivity index (χ3n) is 26.7. The molecule has 2 spiro atoms. The van der Waals surface area contributed by atoms with Gasteiger partial charge >= 0.3 is 0 Å². The van der Waals surface area contributed by atoms with Gasteiger partial charge < -0.3 is 5.32 Å². The van der Waals surface area contributed by atoms with Crippen LogP contribution in [0.4, 0.5) is 0 Å². The van der Waals surface area contributed by atoms with E-state index in [0.717, 1.165) is 0 Å². The maximum absolute atomic E-state index is 4.85. The van der Waals surface area contributed by atoms with Crippen molar-refractivity contribution >= 4 is 297 Å². The molecule has 1 saturated heterocycles. The second-order valence-corrected chi connectivity index (χ2v) is 27.5. The topological polar surface area (TPSA) is 12.0 Å². The molecule has 74 heavy (non-hydrogen) atoms. The summed E-state index contributed by atoms with van der Waals surface area (Å²) in [5.41, 5.74) is 7.71. The Morgan fingerprint density at radius 3 is 0.703 bits per heavy atom. The summed E-state index contributed by atoms with van der Waals surface area (Å²) in [5, 5.41) is 95.1. The Bertz CT molecular complexity index is 7330. The molecule has 4 aliphatic carbocycles. The fourth-order valence-electron chi connectivity index (χ4n) is 26.6. The van der Waals surface area contributed by atoms with Crippen LogP contribution < -0.4 is 5.32 Å². The highest BCUT2D eigenvalue weighted by Gasteiger charge is 2.77. The standard InChI is InChI=1S/C73H17N/c1-10(2)71-73-69-63-57-47-39-29-21-17-14-13-15-19(21)27-35(29)49(57)55-45-37(27)31-23(15)24-16(13)20-22-18(14)26-25(17)33(39)43-44-34(26)40-30(22)36-28(20)38-32(24)42-41(31)51(45)59-60-52(42)46(38)56-50(36)58-48(40)54(44)66(65(69)53(43)47)70(73)64(58)62(56)68(60)72(73,67(59)61(55)63)12(74-71)9-8-11-6-4-3-5-7-11/h3-10,12,71,74H,1-2H3/b9-8+. The molecule has 0 aromatic heterocycles. The van der Waals surface area contributed by atoms with E-state index in [0.29, 0.717) is 5.92 Å². The molecule has 1 heterocycles. The van der Waals surface area contributed by atoms with Crippen LogP contribution in [0.15, 0.2) is 36.4 Å². The fourth-order valence-corrected chi connectivity index (χ4v) is 26.6. The van der Waals surface area contributed by atoms with Gasteiger partial charge in [-0.05, 0) is 325 Å². The van der Waals surface area contributed by atoms with Gasteiger partial charge in [0, 0.05) is 12.1 Å². The molecule has 29 aromatic carbocycles. The van der Waals surface area contributed by atoms with Crippen LogP contribution in [0.2, 0.25) is 0 Å². The van der Waals surface area contributed by atoms with Crippen molar-refractivity contribution in [3.63, 3.8) is 0 Å². The molecule has 5 aliphatic rings. The maximum atomic E-state index is 4.85. The van der Waals surface area contributed by atoms with Crippen molar-refractivity contribution in [1.29, 1.82) is 0 Å². The molecule has 34 rings (SSSR count). The lowest BCUT2D eigenvalue weighted by Crippen LogP contribution is -2.57. The van der Waals surface area contributed by atoms with E-state index < -0.39 is 0 Å². The van der Waals surface area contributed by atoms with Crippen LogP contribution in [0.5, 0.6) is 0 Å². The Kier molecular flexibility index (Phi) is 2.56. The zero-order valence-corrected chi connectivity index (χ0v) is 38.8. The summed E-state index contributed by atoms with van der Waals surface area (Å²) in [5.74, 6) is 0.395. The van der Waals surface area contributed by atoms with Gasteiger partial charge in [0.2, 0.25) is 0 Å². The average Bonchev–Trinajstić information content (AvgIpc) is 4.41. The minimum absolute atomic E-state index is 0.0888. The normalized spacial score (nSPS) is 24.2. The van der Waals surface area contributed by atoms with Gasteiger partial charge in [-0.3, -0.25) is 0 Å². The summed E-state index contributed by atoms with van der Waals surface area (Å²) >= 11 is 0. The minimum Gasteiger partial charge on any atom is -0.305 e. The molecular weight excluding hydrogens is 891 g/mol. The van der Waals surface area contributed by atoms with Crippen LogP contribution in [0.3, 0.4) is 0 Å². The van der Waals surface area contributed by atoms with E-state index in [4.69, 9.17) is 5.32 Å². The Labute approximate surface area is 406 Å². The third kappa shape index (κ3) is 1.56. The summed E-state index contributed by atoms with van der Waals surface area (Å²) < 4.78 is 0. The van der Waals surface area contributed by atoms with Crippen LogP contribution >= 0.6 is 0 Å². The summed E-state index contributed by atoms with van der Waals surface area (Å²) in [7, 11) is 0. The molecule has 314 valence electrons. The van der Waals surface area contributed by atoms with Crippen molar-refractivity contribution in [2.24, 2.45) is 5.92 Å². The summed E-state index contributed by atoms with van der Waals surface area (Å²) in [4.78, 5) is 0. The average molecular weight is 908 g/mol. The SMILES string of the molecule is CC(C)C1NC(/C=C/c2ccccc2)C23c4c5c6c7c8c9c(c%10c%11c2c2c4c4c%12c5c5c6c6c8c8c%13c9c9c%10c%10c%11c%11c2c2c4c4c%12c%12c5c5c6c8c6c8c%13c9c9c%10c%10c%11c2c2c4c4c%12c5c6c5c8c9c%10c2c45)C713. The molecule has 0 radical (unpaired) electrons. The van der Waals surface area contributed by atoms with Crippen LogP contribution in [-0.2, 0) is 10.8 Å². The van der Waals surface area contributed by atoms with Crippen LogP contribution in [0.25, 0.3) is 297 Å². The fraction of sp³-hybridized carbons (Fsp3) is 0.0959. The Morgan fingerprint density at radius 1 is 0.284 bits per heavy atom. The molecular formula is C73H17N. The lowest BCUT2D eigenvalue weighted by atomic mass is 9.45. The molecule has 0 saturated carbocycles. The first-order valence-corrected chi connectivity index (χ1v) is 28.0. The maximum Gasteiger partial charge on any atom is 0.0570 e. The van der Waals surface area contributed by atoms with Crippen LogP contribution in [0, 0.1) is 5.92 Å². The van der Waals surface area contributed by atoms with Crippen molar-refractivity contribution in [2.45, 2.75) is 36.8 Å². The van der Waals surface area contributed by atoms with Gasteiger partial charge in [-0.1, -0.05) is 56.3 Å². The van der Waals surface area contributed by atoms with Gasteiger partial charge in [-0.2, -0.15) is 0 Å². The zero-order chi connectivity index (χ0) is 44.5. The highest BCUT2D eigenvalue weighted by Crippen LogP contribution is 2.86. The molecule has 0 amide bonds. The predicted molar refractivity (Wildman–Crippen MR) is 315 cm³/mol. The monoisotopic (exact) mass is 907 g/mol. The quantitative estimate of drug-likeness (QED) is 0.174. The summed E-state index contributed by atoms with van der Waals surface area (Å²) in [6.45, 7) is 5.22. The summed E-state index contributed by atoms with van der Waals surface area (Å²) in [6, 6.07) is 11.7. The number of rotatable bonds is 3. The Hall–Kier alpha value is -8.62. The van der Waals surface area contributed by atoms with Crippen LogP contribution in [0.1, 0.15) is 41.7 Å². The Balaban J connectivity index is 1.13. The number of benzene rings is 19. The number of nitrogens with one attached hydrogen (secondary N) is 1. The number of hydrogen-bond acceptors (Lipinski definition) is 1.